The normalized spacial score (nSPS) is 11.2. The second-order valence-electron chi connectivity index (χ2n) is 5.93. The SMILES string of the molecule is Cc1nn(Cc2ccccc2)c(Cl)c1/C=N/NC(=O)c1nc(Cl)c(Cl)c(N)c1Cl. The third-order valence-electron chi connectivity index (χ3n) is 3.93. The van der Waals surface area contributed by atoms with Crippen molar-refractivity contribution in [2.75, 3.05) is 5.73 Å². The lowest BCUT2D eigenvalue weighted by molar-refractivity contribution is 0.0950. The highest BCUT2D eigenvalue weighted by molar-refractivity contribution is 6.46. The van der Waals surface area contributed by atoms with Crippen molar-refractivity contribution in [2.45, 2.75) is 13.5 Å². The Balaban J connectivity index is 1.77. The van der Waals surface area contributed by atoms with Crippen LogP contribution in [0.4, 0.5) is 5.69 Å². The first-order valence-corrected chi connectivity index (χ1v) is 9.71. The Morgan fingerprint density at radius 1 is 1.21 bits per heavy atom. The Kier molecular flexibility index (Phi) is 6.64. The highest BCUT2D eigenvalue weighted by Gasteiger charge is 2.19. The number of hydrazone groups is 1. The first-order valence-electron chi connectivity index (χ1n) is 8.19. The number of aryl methyl sites for hydroxylation is 1. The van der Waals surface area contributed by atoms with Gasteiger partial charge in [0.05, 0.1) is 34.7 Å². The smallest absolute Gasteiger partial charge is 0.291 e. The fourth-order valence-corrected chi connectivity index (χ4v) is 3.34. The van der Waals surface area contributed by atoms with E-state index in [0.717, 1.165) is 5.56 Å². The number of carbonyl (C=O) groups excluding carboxylic acids is 1. The Bertz CT molecular complexity index is 1100. The molecule has 1 aromatic carbocycles. The summed E-state index contributed by atoms with van der Waals surface area (Å²) in [6.07, 6.45) is 1.39. The quantitative estimate of drug-likeness (QED) is 0.323. The van der Waals surface area contributed by atoms with E-state index in [0.29, 0.717) is 23.0 Å². The van der Waals surface area contributed by atoms with E-state index in [4.69, 9.17) is 52.1 Å². The highest BCUT2D eigenvalue weighted by Crippen LogP contribution is 2.34. The molecule has 0 atom stereocenters. The summed E-state index contributed by atoms with van der Waals surface area (Å²) in [6.45, 7) is 2.29. The highest BCUT2D eigenvalue weighted by atomic mass is 35.5. The van der Waals surface area contributed by atoms with Gasteiger partial charge in [-0.1, -0.05) is 76.7 Å². The largest absolute Gasteiger partial charge is 0.396 e. The van der Waals surface area contributed by atoms with E-state index in [1.54, 1.807) is 11.6 Å². The standard InChI is InChI=1S/C18H14Cl4N6O/c1-9-11(17(22)28(27-9)8-10-5-3-2-4-6-10)7-24-26-18(29)15-12(19)14(23)13(20)16(21)25-15/h2-7H,8H2,1H3,(H2,23,25)(H,26,29)/b24-7+. The van der Waals surface area contributed by atoms with Crippen molar-refractivity contribution in [2.24, 2.45) is 5.10 Å². The van der Waals surface area contributed by atoms with Crippen LogP contribution in [0.1, 0.15) is 27.3 Å². The summed E-state index contributed by atoms with van der Waals surface area (Å²) in [5.74, 6) is -0.707. The molecule has 0 saturated heterocycles. The fraction of sp³-hybridized carbons (Fsp3) is 0.111. The molecule has 2 heterocycles. The molecule has 0 unspecified atom stereocenters. The zero-order valence-corrected chi connectivity index (χ0v) is 18.0. The van der Waals surface area contributed by atoms with Crippen LogP contribution in [0.5, 0.6) is 0 Å². The molecule has 0 aliphatic rings. The average Bonchev–Trinajstić information content (AvgIpc) is 2.97. The van der Waals surface area contributed by atoms with Crippen molar-refractivity contribution in [3.8, 4) is 0 Å². The maximum atomic E-state index is 12.3. The number of rotatable bonds is 5. The number of hydrogen-bond acceptors (Lipinski definition) is 5. The molecule has 0 aliphatic heterocycles. The minimum atomic E-state index is -0.707. The van der Waals surface area contributed by atoms with Crippen molar-refractivity contribution in [1.29, 1.82) is 0 Å². The van der Waals surface area contributed by atoms with Gasteiger partial charge in [-0.2, -0.15) is 10.2 Å². The van der Waals surface area contributed by atoms with E-state index in [2.05, 4.69) is 20.6 Å². The number of amides is 1. The van der Waals surface area contributed by atoms with E-state index < -0.39 is 5.91 Å². The number of aromatic nitrogens is 3. The van der Waals surface area contributed by atoms with E-state index >= 15 is 0 Å². The summed E-state index contributed by atoms with van der Waals surface area (Å²) in [5, 5.41) is 8.43. The minimum absolute atomic E-state index is 0.0232. The summed E-state index contributed by atoms with van der Waals surface area (Å²) >= 11 is 24.1. The lowest BCUT2D eigenvalue weighted by Crippen LogP contribution is -2.20. The molecule has 0 saturated carbocycles. The number of nitrogen functional groups attached to an aromatic ring is 1. The molecule has 1 amide bonds. The van der Waals surface area contributed by atoms with Gasteiger partial charge in [-0.05, 0) is 12.5 Å². The van der Waals surface area contributed by atoms with Gasteiger partial charge in [0.15, 0.2) is 10.8 Å². The molecular formula is C18H14Cl4N6O. The lowest BCUT2D eigenvalue weighted by Gasteiger charge is -2.07. The average molecular weight is 472 g/mol. The number of nitrogens with two attached hydrogens (primary N) is 1. The monoisotopic (exact) mass is 470 g/mol. The van der Waals surface area contributed by atoms with E-state index in [1.807, 2.05) is 30.3 Å². The maximum absolute atomic E-state index is 12.3. The Labute approximate surface area is 186 Å². The van der Waals surface area contributed by atoms with Gasteiger partial charge in [0.2, 0.25) is 0 Å². The number of benzene rings is 1. The molecular weight excluding hydrogens is 458 g/mol. The molecule has 150 valence electrons. The van der Waals surface area contributed by atoms with Crippen LogP contribution in [0, 0.1) is 6.92 Å². The molecule has 0 aliphatic carbocycles. The summed E-state index contributed by atoms with van der Waals surface area (Å²) < 4.78 is 1.65. The van der Waals surface area contributed by atoms with E-state index in [-0.39, 0.29) is 26.6 Å². The second kappa shape index (κ2) is 9.00. The van der Waals surface area contributed by atoms with Crippen molar-refractivity contribution in [3.63, 3.8) is 0 Å². The Morgan fingerprint density at radius 3 is 2.59 bits per heavy atom. The van der Waals surface area contributed by atoms with Crippen LogP contribution >= 0.6 is 46.4 Å². The minimum Gasteiger partial charge on any atom is -0.396 e. The fourth-order valence-electron chi connectivity index (χ4n) is 2.47. The van der Waals surface area contributed by atoms with E-state index in [9.17, 15) is 4.79 Å². The third kappa shape index (κ3) is 4.64. The van der Waals surface area contributed by atoms with Crippen molar-refractivity contribution >= 4 is 64.2 Å². The van der Waals surface area contributed by atoms with E-state index in [1.165, 1.54) is 6.21 Å². The summed E-state index contributed by atoms with van der Waals surface area (Å²) in [5.41, 5.74) is 10.0. The number of anilines is 1. The van der Waals surface area contributed by atoms with Gasteiger partial charge in [-0.15, -0.1) is 0 Å². The molecule has 3 N–H and O–H groups in total. The molecule has 3 aromatic rings. The van der Waals surface area contributed by atoms with Gasteiger partial charge in [-0.3, -0.25) is 4.79 Å². The molecule has 0 fully saturated rings. The number of carbonyl (C=O) groups is 1. The third-order valence-corrected chi connectivity index (χ3v) is 5.47. The van der Waals surface area contributed by atoms with Crippen LogP contribution in [0.2, 0.25) is 20.4 Å². The first kappa shape index (κ1) is 21.4. The number of nitrogens with zero attached hydrogens (tertiary/aromatic N) is 4. The predicted molar refractivity (Wildman–Crippen MR) is 116 cm³/mol. The number of halogens is 4. The van der Waals surface area contributed by atoms with Gasteiger partial charge in [0.25, 0.3) is 5.91 Å². The zero-order chi connectivity index (χ0) is 21.1. The van der Waals surface area contributed by atoms with Crippen LogP contribution in [0.15, 0.2) is 35.4 Å². The molecule has 11 heteroatoms. The Hall–Kier alpha value is -2.32. The first-order chi connectivity index (χ1) is 13.8. The molecule has 3 rings (SSSR count). The van der Waals surface area contributed by atoms with Gasteiger partial charge in [0.1, 0.15) is 10.2 Å². The van der Waals surface area contributed by atoms with Crippen molar-refractivity contribution in [1.82, 2.24) is 20.2 Å². The van der Waals surface area contributed by atoms with Crippen LogP contribution < -0.4 is 11.2 Å². The molecule has 2 aromatic heterocycles. The van der Waals surface area contributed by atoms with Crippen LogP contribution in [-0.4, -0.2) is 26.9 Å². The second-order valence-corrected chi connectivity index (χ2v) is 7.40. The Morgan fingerprint density at radius 2 is 1.90 bits per heavy atom. The number of nitrogens with one attached hydrogen (secondary N) is 1. The van der Waals surface area contributed by atoms with Gasteiger partial charge in [0, 0.05) is 0 Å². The molecule has 0 radical (unpaired) electrons. The number of hydrogen-bond donors (Lipinski definition) is 2. The lowest BCUT2D eigenvalue weighted by atomic mass is 10.2. The van der Waals surface area contributed by atoms with Gasteiger partial charge in [-0.25, -0.2) is 15.1 Å². The predicted octanol–water partition coefficient (Wildman–Crippen LogP) is 4.59. The van der Waals surface area contributed by atoms with Crippen molar-refractivity contribution in [3.05, 3.63) is 73.2 Å². The number of pyridine rings is 1. The molecule has 7 nitrogen and oxygen atoms in total. The zero-order valence-electron chi connectivity index (χ0n) is 15.0. The topological polar surface area (TPSA) is 98.2 Å². The molecule has 0 bridgehead atoms. The van der Waals surface area contributed by atoms with Crippen LogP contribution in [-0.2, 0) is 6.54 Å². The summed E-state index contributed by atoms with van der Waals surface area (Å²) in [7, 11) is 0. The van der Waals surface area contributed by atoms with Crippen LogP contribution in [0.25, 0.3) is 0 Å². The van der Waals surface area contributed by atoms with Crippen molar-refractivity contribution < 1.29 is 4.79 Å². The summed E-state index contributed by atoms with van der Waals surface area (Å²) in [4.78, 5) is 16.1. The maximum Gasteiger partial charge on any atom is 0.291 e. The van der Waals surface area contributed by atoms with Gasteiger partial charge >= 0.3 is 0 Å². The molecule has 0 spiro atoms. The molecule has 29 heavy (non-hydrogen) atoms. The van der Waals surface area contributed by atoms with Crippen LogP contribution in [0.3, 0.4) is 0 Å². The summed E-state index contributed by atoms with van der Waals surface area (Å²) in [6, 6.07) is 9.75. The van der Waals surface area contributed by atoms with Gasteiger partial charge < -0.3 is 5.73 Å².